The highest BCUT2D eigenvalue weighted by atomic mass is 16.5. The second kappa shape index (κ2) is 6.41. The van der Waals surface area contributed by atoms with Gasteiger partial charge in [-0.25, -0.2) is 4.99 Å². The van der Waals surface area contributed by atoms with Crippen LogP contribution in [0.25, 0.3) is 22.8 Å². The molecule has 2 aromatic heterocycles. The zero-order chi connectivity index (χ0) is 18.2. The maximum atomic E-state index is 10.0. The number of fused-ring (bicyclic) bond motifs is 2. The number of aromatic hydroxyl groups is 1. The van der Waals surface area contributed by atoms with Crippen molar-refractivity contribution in [3.8, 4) is 17.6 Å². The average molecular weight is 360 g/mol. The average Bonchev–Trinajstić information content (AvgIpc) is 3.12. The van der Waals surface area contributed by atoms with Crippen LogP contribution in [-0.2, 0) is 4.74 Å². The standard InChI is InChI=1S/C20H16N4O3/c25-19-16-3-7-21-12-17(16)22-20(23-19)27-15-1-2-18-13(11-15)4-8-24(18)14-5-9-26-10-6-14/h1-2,4,8,11-12,14H,5-6,9-10H2,(H,22,23,25). The number of nitrogens with zero attached hydrogens (tertiary/aromatic N) is 4. The molecule has 134 valence electrons. The molecule has 7 nitrogen and oxygen atoms in total. The molecule has 27 heavy (non-hydrogen) atoms. The summed E-state index contributed by atoms with van der Waals surface area (Å²) >= 11 is 0. The summed E-state index contributed by atoms with van der Waals surface area (Å²) in [6.07, 6.45) is 5.64. The molecule has 3 aromatic rings. The van der Waals surface area contributed by atoms with Crippen LogP contribution in [0.15, 0.2) is 35.5 Å². The highest BCUT2D eigenvalue weighted by Crippen LogP contribution is 2.30. The number of ether oxygens (including phenoxy) is 2. The second-order valence-electron chi connectivity index (χ2n) is 6.47. The van der Waals surface area contributed by atoms with Crippen LogP contribution in [0.5, 0.6) is 17.6 Å². The van der Waals surface area contributed by atoms with E-state index in [4.69, 9.17) is 9.47 Å². The smallest absolute Gasteiger partial charge is 0.325 e. The molecular weight excluding hydrogens is 344 g/mol. The van der Waals surface area contributed by atoms with Crippen molar-refractivity contribution in [3.05, 3.63) is 41.0 Å². The van der Waals surface area contributed by atoms with Gasteiger partial charge in [-0.15, -0.1) is 0 Å². The van der Waals surface area contributed by atoms with Crippen LogP contribution >= 0.6 is 0 Å². The van der Waals surface area contributed by atoms with Crippen LogP contribution in [0.2, 0.25) is 0 Å². The molecule has 0 spiro atoms. The van der Waals surface area contributed by atoms with Crippen molar-refractivity contribution in [2.24, 2.45) is 4.99 Å². The van der Waals surface area contributed by atoms with E-state index in [-0.39, 0.29) is 11.9 Å². The van der Waals surface area contributed by atoms with Gasteiger partial charge in [0.1, 0.15) is 16.3 Å². The molecule has 0 aliphatic carbocycles. The van der Waals surface area contributed by atoms with E-state index in [0.29, 0.717) is 22.4 Å². The number of aliphatic imine (C=N–C) groups is 1. The van der Waals surface area contributed by atoms with E-state index in [9.17, 15) is 5.11 Å². The summed E-state index contributed by atoms with van der Waals surface area (Å²) in [6.45, 7) is 1.61. The molecule has 7 heteroatoms. The summed E-state index contributed by atoms with van der Waals surface area (Å²) in [5, 5.41) is 11.9. The van der Waals surface area contributed by atoms with Gasteiger partial charge in [-0.05, 0) is 42.8 Å². The molecule has 0 radical (unpaired) electrons. The minimum atomic E-state index is -0.208. The summed E-state index contributed by atoms with van der Waals surface area (Å²) in [5.41, 5.74) is 3.85. The van der Waals surface area contributed by atoms with Gasteiger partial charge in [-0.3, -0.25) is 0 Å². The number of rotatable bonds is 3. The minimum absolute atomic E-state index is 0.0598. The Morgan fingerprint density at radius 2 is 2.07 bits per heavy atom. The molecular formula is C20H16N4O3. The SMILES string of the molecule is Oc1nc(Oc2ccc3c(ccn3C3CCOCC3)c2)nc2c1=C=C=NC=2. The Morgan fingerprint density at radius 1 is 1.19 bits per heavy atom. The molecule has 1 saturated heterocycles. The van der Waals surface area contributed by atoms with Crippen LogP contribution in [0.1, 0.15) is 18.9 Å². The maximum absolute atomic E-state index is 10.0. The van der Waals surface area contributed by atoms with Gasteiger partial charge in [-0.2, -0.15) is 9.97 Å². The van der Waals surface area contributed by atoms with E-state index < -0.39 is 0 Å². The topological polar surface area (TPSA) is 81.8 Å². The third-order valence-electron chi connectivity index (χ3n) is 4.81. The number of hydrogen-bond donors (Lipinski definition) is 1. The van der Waals surface area contributed by atoms with Crippen LogP contribution in [-0.4, -0.2) is 38.7 Å². The van der Waals surface area contributed by atoms with Gasteiger partial charge >= 0.3 is 6.01 Å². The van der Waals surface area contributed by atoms with Gasteiger partial charge in [0.25, 0.3) is 0 Å². The highest BCUT2D eigenvalue weighted by Gasteiger charge is 2.17. The minimum Gasteiger partial charge on any atom is -0.492 e. The first-order valence-corrected chi connectivity index (χ1v) is 8.79. The fourth-order valence-corrected chi connectivity index (χ4v) is 3.48. The molecule has 2 aliphatic heterocycles. The Bertz CT molecular complexity index is 1230. The number of hydrogen-bond acceptors (Lipinski definition) is 6. The highest BCUT2D eigenvalue weighted by molar-refractivity contribution is 5.82. The van der Waals surface area contributed by atoms with Crippen molar-refractivity contribution in [2.75, 3.05) is 13.2 Å². The molecule has 0 atom stereocenters. The molecule has 0 bridgehead atoms. The van der Waals surface area contributed by atoms with Gasteiger partial charge in [0.05, 0.1) is 6.20 Å². The predicted octanol–water partition coefficient (Wildman–Crippen LogP) is 1.64. The molecule has 0 saturated carbocycles. The van der Waals surface area contributed by atoms with Gasteiger partial charge < -0.3 is 19.1 Å². The molecule has 4 heterocycles. The van der Waals surface area contributed by atoms with Crippen molar-refractivity contribution in [2.45, 2.75) is 18.9 Å². The molecule has 0 amide bonds. The lowest BCUT2D eigenvalue weighted by molar-refractivity contribution is 0.0707. The first-order valence-electron chi connectivity index (χ1n) is 8.79. The monoisotopic (exact) mass is 360 g/mol. The molecule has 0 unspecified atom stereocenters. The largest absolute Gasteiger partial charge is 0.492 e. The van der Waals surface area contributed by atoms with Crippen LogP contribution < -0.4 is 15.3 Å². The lowest BCUT2D eigenvalue weighted by Crippen LogP contribution is -2.29. The van der Waals surface area contributed by atoms with E-state index >= 15 is 0 Å². The number of benzene rings is 1. The molecule has 2 aliphatic rings. The zero-order valence-electron chi connectivity index (χ0n) is 14.4. The molecule has 1 aromatic carbocycles. The quantitative estimate of drug-likeness (QED) is 0.768. The van der Waals surface area contributed by atoms with Gasteiger partial charge in [0.2, 0.25) is 5.88 Å². The first kappa shape index (κ1) is 15.9. The van der Waals surface area contributed by atoms with Gasteiger partial charge in [-0.1, -0.05) is 0 Å². The Labute approximate surface area is 154 Å². The van der Waals surface area contributed by atoms with Gasteiger partial charge in [0, 0.05) is 42.2 Å². The summed E-state index contributed by atoms with van der Waals surface area (Å²) < 4.78 is 13.5. The summed E-state index contributed by atoms with van der Waals surface area (Å²) in [5.74, 6) is 2.92. The predicted molar refractivity (Wildman–Crippen MR) is 99.4 cm³/mol. The van der Waals surface area contributed by atoms with E-state index in [0.717, 1.165) is 37.0 Å². The maximum Gasteiger partial charge on any atom is 0.325 e. The fourth-order valence-electron chi connectivity index (χ4n) is 3.48. The van der Waals surface area contributed by atoms with Crippen molar-refractivity contribution in [1.29, 1.82) is 0 Å². The summed E-state index contributed by atoms with van der Waals surface area (Å²) in [7, 11) is 0. The zero-order valence-corrected chi connectivity index (χ0v) is 14.4. The first-order chi connectivity index (χ1) is 13.3. The Morgan fingerprint density at radius 3 is 2.96 bits per heavy atom. The van der Waals surface area contributed by atoms with Crippen molar-refractivity contribution in [3.63, 3.8) is 0 Å². The summed E-state index contributed by atoms with van der Waals surface area (Å²) in [6, 6.07) is 8.45. The Balaban J connectivity index is 1.47. The van der Waals surface area contributed by atoms with Crippen molar-refractivity contribution >= 4 is 28.7 Å². The fraction of sp³-hybridized carbons (Fsp3) is 0.250. The molecule has 5 rings (SSSR count). The molecule has 1 N–H and O–H groups in total. The normalized spacial score (nSPS) is 16.0. The number of aromatic nitrogens is 3. The Hall–Kier alpha value is -3.37. The van der Waals surface area contributed by atoms with Crippen molar-refractivity contribution in [1.82, 2.24) is 14.5 Å². The molecule has 1 fully saturated rings. The van der Waals surface area contributed by atoms with Crippen LogP contribution in [0.4, 0.5) is 0 Å². The third-order valence-corrected chi connectivity index (χ3v) is 4.81. The van der Waals surface area contributed by atoms with Gasteiger partial charge in [0.15, 0.2) is 0 Å². The third kappa shape index (κ3) is 2.90. The van der Waals surface area contributed by atoms with E-state index in [2.05, 4.69) is 43.4 Å². The van der Waals surface area contributed by atoms with E-state index in [1.165, 1.54) is 6.20 Å². The van der Waals surface area contributed by atoms with Crippen LogP contribution in [0.3, 0.4) is 0 Å². The Kier molecular flexibility index (Phi) is 3.77. The van der Waals surface area contributed by atoms with E-state index in [1.807, 2.05) is 18.2 Å². The van der Waals surface area contributed by atoms with Crippen molar-refractivity contribution < 1.29 is 14.6 Å². The lowest BCUT2D eigenvalue weighted by Gasteiger charge is -2.24. The summed E-state index contributed by atoms with van der Waals surface area (Å²) in [4.78, 5) is 12.1. The van der Waals surface area contributed by atoms with E-state index in [1.54, 1.807) is 0 Å². The second-order valence-corrected chi connectivity index (χ2v) is 6.47. The lowest BCUT2D eigenvalue weighted by atomic mass is 10.1. The van der Waals surface area contributed by atoms with Crippen LogP contribution in [0, 0.1) is 0 Å².